The summed E-state index contributed by atoms with van der Waals surface area (Å²) in [5.41, 5.74) is 2.46. The Bertz CT molecular complexity index is 380. The van der Waals surface area contributed by atoms with Crippen LogP contribution in [0.1, 0.15) is 11.1 Å². The highest BCUT2D eigenvalue weighted by Gasteiger charge is 2.26. The van der Waals surface area contributed by atoms with E-state index in [4.69, 9.17) is 10.2 Å². The molecule has 4 heteroatoms. The average molecular weight is 235 g/mol. The molecule has 1 aromatic carbocycles. The van der Waals surface area contributed by atoms with E-state index in [1.807, 2.05) is 24.3 Å². The standard InChI is InChI=1S/C13H17NO3/c15-8-12(16)7-14-13(17)11-5-9-3-1-2-4-10(9)6-11/h1-4,11-12,15-16H,5-8H2,(H,14,17). The first-order chi connectivity index (χ1) is 8.20. The second-order valence-corrected chi connectivity index (χ2v) is 4.46. The first-order valence-corrected chi connectivity index (χ1v) is 5.84. The minimum absolute atomic E-state index is 0.0432. The van der Waals surface area contributed by atoms with Gasteiger partial charge in [0.1, 0.15) is 0 Å². The van der Waals surface area contributed by atoms with Crippen molar-refractivity contribution in [3.05, 3.63) is 35.4 Å². The Morgan fingerprint density at radius 3 is 2.47 bits per heavy atom. The zero-order valence-corrected chi connectivity index (χ0v) is 9.60. The quantitative estimate of drug-likeness (QED) is 0.681. The van der Waals surface area contributed by atoms with E-state index in [0.717, 1.165) is 12.8 Å². The van der Waals surface area contributed by atoms with Gasteiger partial charge in [-0.25, -0.2) is 0 Å². The summed E-state index contributed by atoms with van der Waals surface area (Å²) in [6.45, 7) is -0.215. The van der Waals surface area contributed by atoms with Crippen molar-refractivity contribution >= 4 is 5.91 Å². The Morgan fingerprint density at radius 2 is 1.94 bits per heavy atom. The first-order valence-electron chi connectivity index (χ1n) is 5.84. The second kappa shape index (κ2) is 5.29. The van der Waals surface area contributed by atoms with E-state index in [-0.39, 0.29) is 25.0 Å². The topological polar surface area (TPSA) is 69.6 Å². The lowest BCUT2D eigenvalue weighted by Gasteiger charge is -2.12. The van der Waals surface area contributed by atoms with E-state index in [1.165, 1.54) is 11.1 Å². The maximum atomic E-state index is 11.8. The van der Waals surface area contributed by atoms with Gasteiger partial charge >= 0.3 is 0 Å². The van der Waals surface area contributed by atoms with Gasteiger partial charge < -0.3 is 15.5 Å². The van der Waals surface area contributed by atoms with Crippen molar-refractivity contribution in [2.45, 2.75) is 18.9 Å². The number of benzene rings is 1. The molecule has 3 N–H and O–H groups in total. The van der Waals surface area contributed by atoms with E-state index >= 15 is 0 Å². The fourth-order valence-electron chi connectivity index (χ4n) is 2.17. The zero-order valence-electron chi connectivity index (χ0n) is 9.60. The molecule has 1 aliphatic rings. The molecule has 0 radical (unpaired) electrons. The summed E-state index contributed by atoms with van der Waals surface area (Å²) in [5.74, 6) is -0.0907. The maximum absolute atomic E-state index is 11.8. The molecule has 0 saturated heterocycles. The number of carbonyl (C=O) groups is 1. The van der Waals surface area contributed by atoms with Crippen LogP contribution in [0.5, 0.6) is 0 Å². The Hall–Kier alpha value is -1.39. The summed E-state index contributed by atoms with van der Waals surface area (Å²) in [7, 11) is 0. The molecule has 4 nitrogen and oxygen atoms in total. The maximum Gasteiger partial charge on any atom is 0.223 e. The minimum atomic E-state index is -0.872. The molecule has 0 spiro atoms. The van der Waals surface area contributed by atoms with E-state index in [0.29, 0.717) is 0 Å². The van der Waals surface area contributed by atoms with Gasteiger partial charge in [-0.15, -0.1) is 0 Å². The first kappa shape index (κ1) is 12.1. The Labute approximate surface area is 100 Å². The summed E-state index contributed by atoms with van der Waals surface area (Å²) in [6.07, 6.45) is 0.650. The Balaban J connectivity index is 1.88. The van der Waals surface area contributed by atoms with Crippen molar-refractivity contribution in [1.82, 2.24) is 5.32 Å². The van der Waals surface area contributed by atoms with E-state index in [2.05, 4.69) is 5.32 Å². The number of aliphatic hydroxyl groups excluding tert-OH is 2. The third-order valence-corrected chi connectivity index (χ3v) is 3.14. The van der Waals surface area contributed by atoms with Crippen LogP contribution in [-0.4, -0.2) is 35.4 Å². The normalized spacial score (nSPS) is 16.6. The smallest absolute Gasteiger partial charge is 0.223 e. The number of hydrogen-bond acceptors (Lipinski definition) is 3. The van der Waals surface area contributed by atoms with Gasteiger partial charge in [0.2, 0.25) is 5.91 Å². The fraction of sp³-hybridized carbons (Fsp3) is 0.462. The van der Waals surface area contributed by atoms with Crippen molar-refractivity contribution in [2.24, 2.45) is 5.92 Å². The molecule has 1 aliphatic carbocycles. The molecule has 0 fully saturated rings. The van der Waals surface area contributed by atoms with Crippen LogP contribution < -0.4 is 5.32 Å². The van der Waals surface area contributed by atoms with E-state index in [1.54, 1.807) is 0 Å². The molecule has 0 bridgehead atoms. The summed E-state index contributed by atoms with van der Waals surface area (Å²) < 4.78 is 0. The third kappa shape index (κ3) is 2.84. The molecule has 1 amide bonds. The summed E-state index contributed by atoms with van der Waals surface area (Å²) >= 11 is 0. The van der Waals surface area contributed by atoms with Gasteiger partial charge in [0.25, 0.3) is 0 Å². The van der Waals surface area contributed by atoms with Crippen molar-refractivity contribution in [1.29, 1.82) is 0 Å². The van der Waals surface area contributed by atoms with Crippen molar-refractivity contribution < 1.29 is 15.0 Å². The highest BCUT2D eigenvalue weighted by atomic mass is 16.3. The van der Waals surface area contributed by atoms with Crippen molar-refractivity contribution in [2.75, 3.05) is 13.2 Å². The molecular weight excluding hydrogens is 218 g/mol. The third-order valence-electron chi connectivity index (χ3n) is 3.14. The lowest BCUT2D eigenvalue weighted by Crippen LogP contribution is -2.37. The van der Waals surface area contributed by atoms with E-state index < -0.39 is 6.10 Å². The average Bonchev–Trinajstić information content (AvgIpc) is 2.79. The van der Waals surface area contributed by atoms with Gasteiger partial charge in [-0.3, -0.25) is 4.79 Å². The lowest BCUT2D eigenvalue weighted by molar-refractivity contribution is -0.125. The molecule has 0 aliphatic heterocycles. The second-order valence-electron chi connectivity index (χ2n) is 4.46. The van der Waals surface area contributed by atoms with Crippen molar-refractivity contribution in [3.63, 3.8) is 0 Å². The fourth-order valence-corrected chi connectivity index (χ4v) is 2.17. The molecule has 0 saturated carbocycles. The molecular formula is C13H17NO3. The summed E-state index contributed by atoms with van der Waals surface area (Å²) in [6, 6.07) is 8.06. The number of amides is 1. The van der Waals surface area contributed by atoms with Crippen LogP contribution in [0.3, 0.4) is 0 Å². The van der Waals surface area contributed by atoms with Gasteiger partial charge in [0, 0.05) is 12.5 Å². The number of carbonyl (C=O) groups excluding carboxylic acids is 1. The molecule has 92 valence electrons. The largest absolute Gasteiger partial charge is 0.394 e. The van der Waals surface area contributed by atoms with Gasteiger partial charge in [0.05, 0.1) is 12.7 Å². The van der Waals surface area contributed by atoms with Crippen LogP contribution in [0.2, 0.25) is 0 Å². The summed E-state index contributed by atoms with van der Waals surface area (Å²) in [4.78, 5) is 11.8. The number of rotatable bonds is 4. The number of nitrogens with one attached hydrogen (secondary N) is 1. The van der Waals surface area contributed by atoms with Gasteiger partial charge in [-0.1, -0.05) is 24.3 Å². The molecule has 17 heavy (non-hydrogen) atoms. The van der Waals surface area contributed by atoms with Crippen LogP contribution in [0, 0.1) is 5.92 Å². The van der Waals surface area contributed by atoms with Crippen LogP contribution in [-0.2, 0) is 17.6 Å². The SMILES string of the molecule is O=C(NCC(O)CO)C1Cc2ccccc2C1. The van der Waals surface area contributed by atoms with Crippen LogP contribution in [0.25, 0.3) is 0 Å². The van der Waals surface area contributed by atoms with Crippen LogP contribution in [0.15, 0.2) is 24.3 Å². The summed E-state index contributed by atoms with van der Waals surface area (Å²) in [5, 5.41) is 20.5. The number of fused-ring (bicyclic) bond motifs is 1. The van der Waals surface area contributed by atoms with Crippen LogP contribution in [0.4, 0.5) is 0 Å². The molecule has 0 aromatic heterocycles. The predicted octanol–water partition coefficient (Wildman–Crippen LogP) is -0.129. The highest BCUT2D eigenvalue weighted by molar-refractivity contribution is 5.80. The Morgan fingerprint density at radius 1 is 1.35 bits per heavy atom. The Kier molecular flexibility index (Phi) is 3.76. The van der Waals surface area contributed by atoms with Crippen molar-refractivity contribution in [3.8, 4) is 0 Å². The zero-order chi connectivity index (χ0) is 12.3. The van der Waals surface area contributed by atoms with Gasteiger partial charge in [-0.2, -0.15) is 0 Å². The monoisotopic (exact) mass is 235 g/mol. The van der Waals surface area contributed by atoms with Gasteiger partial charge in [-0.05, 0) is 24.0 Å². The number of hydrogen-bond donors (Lipinski definition) is 3. The van der Waals surface area contributed by atoms with Crippen LogP contribution >= 0.6 is 0 Å². The van der Waals surface area contributed by atoms with E-state index in [9.17, 15) is 4.79 Å². The molecule has 1 aromatic rings. The predicted molar refractivity (Wildman–Crippen MR) is 63.4 cm³/mol. The molecule has 0 heterocycles. The lowest BCUT2D eigenvalue weighted by atomic mass is 10.1. The molecule has 2 rings (SSSR count). The minimum Gasteiger partial charge on any atom is -0.394 e. The highest BCUT2D eigenvalue weighted by Crippen LogP contribution is 2.26. The number of aliphatic hydroxyl groups is 2. The van der Waals surface area contributed by atoms with Gasteiger partial charge in [0.15, 0.2) is 0 Å². The molecule has 1 atom stereocenters. The molecule has 1 unspecified atom stereocenters.